The Kier molecular flexibility index (Phi) is 3.91. The lowest BCUT2D eigenvalue weighted by atomic mass is 9.93. The number of para-hydroxylation sites is 1. The van der Waals surface area contributed by atoms with Crippen LogP contribution in [-0.2, 0) is 0 Å². The second kappa shape index (κ2) is 6.01. The molecule has 1 N–H and O–H groups in total. The van der Waals surface area contributed by atoms with Crippen LogP contribution in [0.1, 0.15) is 23.5 Å². The molecule has 0 spiro atoms. The van der Waals surface area contributed by atoms with Crippen molar-refractivity contribution in [3.8, 4) is 5.75 Å². The number of anilines is 1. The summed E-state index contributed by atoms with van der Waals surface area (Å²) in [6, 6.07) is 9.58. The Labute approximate surface area is 128 Å². The lowest BCUT2D eigenvalue weighted by molar-refractivity contribution is -0.385. The number of hydrogen-bond donors (Lipinski definition) is 1. The lowest BCUT2D eigenvalue weighted by Gasteiger charge is -2.26. The fourth-order valence-electron chi connectivity index (χ4n) is 2.69. The Morgan fingerprint density at radius 1 is 1.45 bits per heavy atom. The second-order valence-corrected chi connectivity index (χ2v) is 5.37. The molecule has 0 amide bonds. The SMILES string of the molecule is Cc1cc([N+](=O)[O-])cnc1NCC1CCOc2ccccc21. The number of nitrogens with one attached hydrogen (secondary N) is 1. The van der Waals surface area contributed by atoms with Gasteiger partial charge in [0.15, 0.2) is 0 Å². The molecule has 2 aromatic rings. The third kappa shape index (κ3) is 2.86. The third-order valence-electron chi connectivity index (χ3n) is 3.87. The number of benzene rings is 1. The van der Waals surface area contributed by atoms with Crippen molar-refractivity contribution in [2.75, 3.05) is 18.5 Å². The van der Waals surface area contributed by atoms with Crippen LogP contribution in [0.2, 0.25) is 0 Å². The van der Waals surface area contributed by atoms with E-state index in [1.165, 1.54) is 17.8 Å². The zero-order valence-corrected chi connectivity index (χ0v) is 12.3. The molecule has 1 aromatic carbocycles. The largest absolute Gasteiger partial charge is 0.493 e. The van der Waals surface area contributed by atoms with Gasteiger partial charge in [-0.15, -0.1) is 0 Å². The summed E-state index contributed by atoms with van der Waals surface area (Å²) < 4.78 is 5.65. The van der Waals surface area contributed by atoms with E-state index in [1.54, 1.807) is 0 Å². The quantitative estimate of drug-likeness (QED) is 0.692. The highest BCUT2D eigenvalue weighted by atomic mass is 16.6. The van der Waals surface area contributed by atoms with Gasteiger partial charge in [-0.25, -0.2) is 4.98 Å². The monoisotopic (exact) mass is 299 g/mol. The van der Waals surface area contributed by atoms with Gasteiger partial charge in [-0.2, -0.15) is 0 Å². The number of aryl methyl sites for hydroxylation is 1. The number of nitro groups is 1. The van der Waals surface area contributed by atoms with E-state index in [0.717, 1.165) is 24.3 Å². The van der Waals surface area contributed by atoms with Gasteiger partial charge in [-0.05, 0) is 30.5 Å². The molecule has 1 aliphatic rings. The summed E-state index contributed by atoms with van der Waals surface area (Å²) in [5, 5.41) is 14.0. The van der Waals surface area contributed by atoms with Crippen molar-refractivity contribution in [2.24, 2.45) is 0 Å². The maximum atomic E-state index is 10.7. The van der Waals surface area contributed by atoms with Gasteiger partial charge < -0.3 is 10.1 Å². The molecule has 0 saturated heterocycles. The van der Waals surface area contributed by atoms with Gasteiger partial charge in [0.2, 0.25) is 0 Å². The van der Waals surface area contributed by atoms with Crippen molar-refractivity contribution in [1.29, 1.82) is 0 Å². The Balaban J connectivity index is 1.72. The summed E-state index contributed by atoms with van der Waals surface area (Å²) in [5.74, 6) is 1.98. The van der Waals surface area contributed by atoms with Gasteiger partial charge in [0.25, 0.3) is 5.69 Å². The maximum Gasteiger partial charge on any atom is 0.287 e. The molecular formula is C16H17N3O3. The van der Waals surface area contributed by atoms with Gasteiger partial charge in [0, 0.05) is 18.5 Å². The first-order chi connectivity index (χ1) is 10.6. The van der Waals surface area contributed by atoms with Crippen molar-refractivity contribution in [1.82, 2.24) is 4.98 Å². The van der Waals surface area contributed by atoms with Crippen LogP contribution in [0.15, 0.2) is 36.5 Å². The number of fused-ring (bicyclic) bond motifs is 1. The van der Waals surface area contributed by atoms with Gasteiger partial charge in [-0.1, -0.05) is 18.2 Å². The first-order valence-corrected chi connectivity index (χ1v) is 7.22. The van der Waals surface area contributed by atoms with Crippen LogP contribution in [0.3, 0.4) is 0 Å². The Bertz CT molecular complexity index is 703. The molecule has 1 atom stereocenters. The molecule has 1 aliphatic heterocycles. The first kappa shape index (κ1) is 14.3. The van der Waals surface area contributed by atoms with E-state index in [1.807, 2.05) is 25.1 Å². The summed E-state index contributed by atoms with van der Waals surface area (Å²) in [5.41, 5.74) is 1.98. The van der Waals surface area contributed by atoms with E-state index in [0.29, 0.717) is 18.3 Å². The van der Waals surface area contributed by atoms with E-state index in [2.05, 4.69) is 16.4 Å². The lowest BCUT2D eigenvalue weighted by Crippen LogP contribution is -2.21. The highest BCUT2D eigenvalue weighted by molar-refractivity contribution is 5.49. The van der Waals surface area contributed by atoms with Crippen molar-refractivity contribution < 1.29 is 9.66 Å². The minimum atomic E-state index is -0.432. The number of nitrogens with zero attached hydrogens (tertiary/aromatic N) is 2. The van der Waals surface area contributed by atoms with Gasteiger partial charge in [0.05, 0.1) is 11.5 Å². The van der Waals surface area contributed by atoms with E-state index in [-0.39, 0.29) is 5.69 Å². The average Bonchev–Trinajstić information content (AvgIpc) is 2.53. The van der Waals surface area contributed by atoms with Crippen LogP contribution in [0, 0.1) is 17.0 Å². The Hall–Kier alpha value is -2.63. The number of rotatable bonds is 4. The number of aromatic nitrogens is 1. The Morgan fingerprint density at radius 2 is 2.27 bits per heavy atom. The molecule has 0 aliphatic carbocycles. The summed E-state index contributed by atoms with van der Waals surface area (Å²) in [7, 11) is 0. The number of pyridine rings is 1. The number of hydrogen-bond acceptors (Lipinski definition) is 5. The van der Waals surface area contributed by atoms with Crippen LogP contribution < -0.4 is 10.1 Å². The highest BCUT2D eigenvalue weighted by Crippen LogP contribution is 2.33. The zero-order chi connectivity index (χ0) is 15.5. The summed E-state index contributed by atoms with van der Waals surface area (Å²) in [4.78, 5) is 14.5. The van der Waals surface area contributed by atoms with Crippen LogP contribution in [0.5, 0.6) is 5.75 Å². The third-order valence-corrected chi connectivity index (χ3v) is 3.87. The van der Waals surface area contributed by atoms with E-state index in [9.17, 15) is 10.1 Å². The molecule has 22 heavy (non-hydrogen) atoms. The zero-order valence-electron chi connectivity index (χ0n) is 12.3. The molecule has 1 aromatic heterocycles. The second-order valence-electron chi connectivity index (χ2n) is 5.37. The fraction of sp³-hybridized carbons (Fsp3) is 0.312. The van der Waals surface area contributed by atoms with E-state index >= 15 is 0 Å². The molecule has 6 heteroatoms. The average molecular weight is 299 g/mol. The van der Waals surface area contributed by atoms with Gasteiger partial charge in [0.1, 0.15) is 17.8 Å². The maximum absolute atomic E-state index is 10.7. The smallest absolute Gasteiger partial charge is 0.287 e. The van der Waals surface area contributed by atoms with Gasteiger partial charge >= 0.3 is 0 Å². The predicted octanol–water partition coefficient (Wildman–Crippen LogP) is 3.28. The minimum Gasteiger partial charge on any atom is -0.493 e. The molecule has 0 fully saturated rings. The van der Waals surface area contributed by atoms with Crippen LogP contribution in [-0.4, -0.2) is 23.1 Å². The molecule has 2 heterocycles. The van der Waals surface area contributed by atoms with Crippen LogP contribution in [0.4, 0.5) is 11.5 Å². The van der Waals surface area contributed by atoms with Crippen molar-refractivity contribution in [2.45, 2.75) is 19.3 Å². The van der Waals surface area contributed by atoms with Crippen LogP contribution in [0.25, 0.3) is 0 Å². The molecular weight excluding hydrogens is 282 g/mol. The fourth-order valence-corrected chi connectivity index (χ4v) is 2.69. The normalized spacial score (nSPS) is 16.5. The van der Waals surface area contributed by atoms with Crippen molar-refractivity contribution in [3.63, 3.8) is 0 Å². The highest BCUT2D eigenvalue weighted by Gasteiger charge is 2.21. The first-order valence-electron chi connectivity index (χ1n) is 7.22. The van der Waals surface area contributed by atoms with Crippen LogP contribution >= 0.6 is 0 Å². The molecule has 3 rings (SSSR count). The minimum absolute atomic E-state index is 0.0134. The molecule has 0 saturated carbocycles. The standard InChI is InChI=1S/C16H17N3O3/c1-11-8-13(19(20)21)10-18-16(11)17-9-12-6-7-22-15-5-3-2-4-14(12)15/h2-5,8,10,12H,6-7,9H2,1H3,(H,17,18). The molecule has 1 unspecified atom stereocenters. The summed E-state index contributed by atoms with van der Waals surface area (Å²) in [6.45, 7) is 3.25. The molecule has 0 radical (unpaired) electrons. The number of ether oxygens (including phenoxy) is 1. The molecule has 6 nitrogen and oxygen atoms in total. The van der Waals surface area contributed by atoms with Crippen molar-refractivity contribution in [3.05, 3.63) is 57.8 Å². The molecule has 0 bridgehead atoms. The predicted molar refractivity (Wildman–Crippen MR) is 83.4 cm³/mol. The molecule has 114 valence electrons. The van der Waals surface area contributed by atoms with E-state index in [4.69, 9.17) is 4.74 Å². The summed E-state index contributed by atoms with van der Waals surface area (Å²) in [6.07, 6.45) is 2.23. The Morgan fingerprint density at radius 3 is 3.05 bits per heavy atom. The van der Waals surface area contributed by atoms with E-state index < -0.39 is 4.92 Å². The van der Waals surface area contributed by atoms with Crippen molar-refractivity contribution >= 4 is 11.5 Å². The topological polar surface area (TPSA) is 77.3 Å². The summed E-state index contributed by atoms with van der Waals surface area (Å²) >= 11 is 0. The van der Waals surface area contributed by atoms with Gasteiger partial charge in [-0.3, -0.25) is 10.1 Å².